The Labute approximate surface area is 197 Å². The van der Waals surface area contributed by atoms with E-state index in [1.165, 1.54) is 46.5 Å². The fraction of sp³-hybridized carbons (Fsp3) is 0.379. The lowest BCUT2D eigenvalue weighted by molar-refractivity contribution is -0.0942. The highest BCUT2D eigenvalue weighted by atomic mass is 32.2. The maximum absolute atomic E-state index is 6.99. The van der Waals surface area contributed by atoms with Gasteiger partial charge in [-0.25, -0.2) is 0 Å². The number of benzene rings is 3. The third kappa shape index (κ3) is 3.30. The lowest BCUT2D eigenvalue weighted by Crippen LogP contribution is -2.49. The molecule has 1 saturated heterocycles. The summed E-state index contributed by atoms with van der Waals surface area (Å²) in [7, 11) is -0.625. The van der Waals surface area contributed by atoms with Crippen molar-refractivity contribution >= 4 is 35.6 Å². The van der Waals surface area contributed by atoms with Crippen LogP contribution in [0.5, 0.6) is 0 Å². The van der Waals surface area contributed by atoms with E-state index in [1.807, 2.05) is 0 Å². The third-order valence-electron chi connectivity index (χ3n) is 8.20. The Morgan fingerprint density at radius 1 is 0.812 bits per heavy atom. The molecule has 3 heteroatoms. The molecular weight excluding hydrogens is 427 g/mol. The van der Waals surface area contributed by atoms with E-state index in [0.717, 1.165) is 5.92 Å². The van der Waals surface area contributed by atoms with Crippen molar-refractivity contribution in [2.75, 3.05) is 5.75 Å². The minimum absolute atomic E-state index is 0.134. The van der Waals surface area contributed by atoms with E-state index in [9.17, 15) is 0 Å². The Morgan fingerprint density at radius 3 is 2.09 bits per heavy atom. The molecule has 0 amide bonds. The average molecular weight is 459 g/mol. The zero-order chi connectivity index (χ0) is 21.8. The zero-order valence-electron chi connectivity index (χ0n) is 18.9. The molecule has 3 aromatic rings. The molecule has 0 unspecified atom stereocenters. The summed E-state index contributed by atoms with van der Waals surface area (Å²) in [5.41, 5.74) is 2.29. The minimum atomic E-state index is -0.625. The van der Waals surface area contributed by atoms with Crippen LogP contribution in [-0.2, 0) is 4.74 Å². The van der Waals surface area contributed by atoms with Crippen molar-refractivity contribution in [3.63, 3.8) is 0 Å². The van der Waals surface area contributed by atoms with E-state index in [4.69, 9.17) is 4.74 Å². The average Bonchev–Trinajstić information content (AvgIpc) is 3.30. The van der Waals surface area contributed by atoms with Gasteiger partial charge in [0.15, 0.2) is 0 Å². The Kier molecular flexibility index (Phi) is 5.25. The van der Waals surface area contributed by atoms with Crippen molar-refractivity contribution in [1.82, 2.24) is 0 Å². The molecule has 164 valence electrons. The van der Waals surface area contributed by atoms with E-state index < -0.39 is 7.92 Å². The van der Waals surface area contributed by atoms with E-state index in [2.05, 4.69) is 111 Å². The highest BCUT2D eigenvalue weighted by molar-refractivity contribution is 7.99. The second-order valence-corrected chi connectivity index (χ2v) is 13.6. The van der Waals surface area contributed by atoms with Gasteiger partial charge in [0.2, 0.25) is 0 Å². The van der Waals surface area contributed by atoms with Crippen LogP contribution < -0.4 is 15.9 Å². The molecule has 2 bridgehead atoms. The van der Waals surface area contributed by atoms with Crippen LogP contribution in [0.1, 0.15) is 44.1 Å². The monoisotopic (exact) mass is 458 g/mol. The molecule has 3 aliphatic rings. The first-order chi connectivity index (χ1) is 15.6. The lowest BCUT2D eigenvalue weighted by atomic mass is 9.64. The van der Waals surface area contributed by atoms with Gasteiger partial charge in [0, 0.05) is 11.2 Å². The Hall–Kier alpha value is -1.60. The molecule has 2 saturated carbocycles. The van der Waals surface area contributed by atoms with Crippen LogP contribution >= 0.6 is 19.7 Å². The number of fused-ring (bicyclic) bond motifs is 1. The van der Waals surface area contributed by atoms with Crippen molar-refractivity contribution in [1.29, 1.82) is 0 Å². The van der Waals surface area contributed by atoms with Gasteiger partial charge in [-0.1, -0.05) is 98.8 Å². The highest BCUT2D eigenvalue weighted by Gasteiger charge is 2.64. The molecule has 0 N–H and O–H groups in total. The summed E-state index contributed by atoms with van der Waals surface area (Å²) in [5, 5.41) is 4.25. The molecule has 1 spiro atoms. The Morgan fingerprint density at radius 2 is 1.44 bits per heavy atom. The van der Waals surface area contributed by atoms with Gasteiger partial charge < -0.3 is 4.74 Å². The number of rotatable bonds is 4. The summed E-state index contributed by atoms with van der Waals surface area (Å²) in [5.74, 6) is 2.09. The lowest BCUT2D eigenvalue weighted by Gasteiger charge is -2.51. The Bertz CT molecular complexity index is 1060. The normalized spacial score (nSPS) is 30.4. The van der Waals surface area contributed by atoms with Crippen LogP contribution in [0.15, 0.2) is 84.9 Å². The first-order valence-corrected chi connectivity index (χ1v) is 14.2. The molecule has 3 aromatic carbocycles. The Balaban J connectivity index is 1.39. The molecule has 1 aliphatic heterocycles. The van der Waals surface area contributed by atoms with E-state index in [0.29, 0.717) is 16.9 Å². The van der Waals surface area contributed by atoms with E-state index in [1.54, 1.807) is 0 Å². The quantitative estimate of drug-likeness (QED) is 0.418. The number of ether oxygens (including phenoxy) is 1. The van der Waals surface area contributed by atoms with Gasteiger partial charge in [-0.3, -0.25) is 0 Å². The van der Waals surface area contributed by atoms with Gasteiger partial charge in [0.25, 0.3) is 0 Å². The summed E-state index contributed by atoms with van der Waals surface area (Å²) in [6, 6.07) is 31.1. The van der Waals surface area contributed by atoms with Crippen molar-refractivity contribution in [2.24, 2.45) is 16.7 Å². The maximum atomic E-state index is 6.99. The van der Waals surface area contributed by atoms with Crippen LogP contribution in [0.25, 0.3) is 0 Å². The maximum Gasteiger partial charge on any atom is 0.129 e. The first kappa shape index (κ1) is 21.0. The summed E-state index contributed by atoms with van der Waals surface area (Å²) in [6.07, 6.45) is 4.42. The standard InChI is InChI=1S/C29H31OPS/c1-28(2)18-21-17-26-29(28,19-21)20-32-27(30-26)24-15-9-10-16-25(24)31(22-11-5-3-6-12-22)23-13-7-4-8-14-23/h3-16,21,26-27H,17-20H2,1-2H3/t21-,26-,27-,29-/m1/s1. The molecule has 0 radical (unpaired) electrons. The van der Waals surface area contributed by atoms with Gasteiger partial charge >= 0.3 is 0 Å². The van der Waals surface area contributed by atoms with Crippen LogP contribution in [0.4, 0.5) is 0 Å². The van der Waals surface area contributed by atoms with Crippen molar-refractivity contribution in [2.45, 2.75) is 44.6 Å². The molecule has 3 fully saturated rings. The van der Waals surface area contributed by atoms with Gasteiger partial charge in [0.1, 0.15) is 5.44 Å². The van der Waals surface area contributed by atoms with Crippen molar-refractivity contribution < 1.29 is 4.74 Å². The highest BCUT2D eigenvalue weighted by Crippen LogP contribution is 2.69. The first-order valence-electron chi connectivity index (χ1n) is 11.8. The van der Waals surface area contributed by atoms with Gasteiger partial charge in [-0.15, -0.1) is 11.8 Å². The summed E-state index contributed by atoms with van der Waals surface area (Å²) < 4.78 is 6.99. The SMILES string of the molecule is CC1(C)C[C@H]2C[C@H]3O[C@@H](c4ccccc4P(c4ccccc4)c4ccccc4)SC[C@]31C2. The van der Waals surface area contributed by atoms with Crippen LogP contribution in [0, 0.1) is 16.7 Å². The minimum Gasteiger partial charge on any atom is -0.359 e. The molecule has 32 heavy (non-hydrogen) atoms. The summed E-state index contributed by atoms with van der Waals surface area (Å²) in [4.78, 5) is 0. The fourth-order valence-corrected chi connectivity index (χ4v) is 10.9. The van der Waals surface area contributed by atoms with E-state index >= 15 is 0 Å². The smallest absolute Gasteiger partial charge is 0.129 e. The van der Waals surface area contributed by atoms with Crippen LogP contribution in [-0.4, -0.2) is 11.9 Å². The second kappa shape index (κ2) is 8.01. The predicted molar refractivity (Wildman–Crippen MR) is 139 cm³/mol. The summed E-state index contributed by atoms with van der Waals surface area (Å²) >= 11 is 2.06. The fourth-order valence-electron chi connectivity index (χ4n) is 6.63. The third-order valence-corrected chi connectivity index (χ3v) is 12.1. The molecule has 1 nitrogen and oxygen atoms in total. The zero-order valence-corrected chi connectivity index (χ0v) is 20.6. The predicted octanol–water partition coefficient (Wildman–Crippen LogP) is 6.40. The molecule has 4 atom stereocenters. The van der Waals surface area contributed by atoms with Gasteiger partial charge in [0.05, 0.1) is 6.10 Å². The number of hydrogen-bond donors (Lipinski definition) is 0. The molecular formula is C29H31OPS. The van der Waals surface area contributed by atoms with Gasteiger partial charge in [-0.2, -0.15) is 0 Å². The second-order valence-electron chi connectivity index (χ2n) is 10.4. The molecule has 1 heterocycles. The molecule has 2 aliphatic carbocycles. The van der Waals surface area contributed by atoms with Crippen LogP contribution in [0.3, 0.4) is 0 Å². The molecule has 6 rings (SSSR count). The number of thioether (sulfide) groups is 1. The summed E-state index contributed by atoms with van der Waals surface area (Å²) in [6.45, 7) is 4.98. The van der Waals surface area contributed by atoms with Crippen LogP contribution in [0.2, 0.25) is 0 Å². The molecule has 0 aromatic heterocycles. The topological polar surface area (TPSA) is 9.23 Å². The van der Waals surface area contributed by atoms with Crippen molar-refractivity contribution in [3.05, 3.63) is 90.5 Å². The van der Waals surface area contributed by atoms with E-state index in [-0.39, 0.29) is 5.44 Å². The number of hydrogen-bond acceptors (Lipinski definition) is 2. The largest absolute Gasteiger partial charge is 0.359 e. The van der Waals surface area contributed by atoms with Gasteiger partial charge in [-0.05, 0) is 60.0 Å². The van der Waals surface area contributed by atoms with Crippen molar-refractivity contribution in [3.8, 4) is 0 Å².